The highest BCUT2D eigenvalue weighted by molar-refractivity contribution is 5.87. The van der Waals surface area contributed by atoms with Gasteiger partial charge in [-0.05, 0) is 48.6 Å². The van der Waals surface area contributed by atoms with Crippen LogP contribution in [0.2, 0.25) is 0 Å². The molecule has 1 fully saturated rings. The molecule has 2 aromatic carbocycles. The van der Waals surface area contributed by atoms with Crippen LogP contribution >= 0.6 is 0 Å². The molecule has 0 bridgehead atoms. The van der Waals surface area contributed by atoms with Gasteiger partial charge in [-0.15, -0.1) is 0 Å². The number of carbonyl (C=O) groups excluding carboxylic acids is 1. The number of nitrogens with zero attached hydrogens (tertiary/aromatic N) is 1. The van der Waals surface area contributed by atoms with E-state index < -0.39 is 5.97 Å². The Morgan fingerprint density at radius 1 is 1.11 bits per heavy atom. The number of rotatable bonds is 7. The molecule has 0 unspecified atom stereocenters. The lowest BCUT2D eigenvalue weighted by atomic mass is 10.1. The van der Waals surface area contributed by atoms with Crippen LogP contribution in [-0.2, 0) is 11.2 Å². The first-order valence-electron chi connectivity index (χ1n) is 9.57. The van der Waals surface area contributed by atoms with Crippen molar-refractivity contribution < 1.29 is 14.7 Å². The minimum atomic E-state index is -0.926. The van der Waals surface area contributed by atoms with Crippen molar-refractivity contribution in [3.05, 3.63) is 89.5 Å². The van der Waals surface area contributed by atoms with E-state index in [4.69, 9.17) is 5.11 Å². The molecule has 28 heavy (non-hydrogen) atoms. The lowest BCUT2D eigenvalue weighted by Gasteiger charge is -2.22. The van der Waals surface area contributed by atoms with Crippen LogP contribution in [0, 0.1) is 0 Å². The van der Waals surface area contributed by atoms with Crippen LogP contribution in [-0.4, -0.2) is 34.5 Å². The van der Waals surface area contributed by atoms with Gasteiger partial charge in [-0.25, -0.2) is 4.79 Å². The second-order valence-corrected chi connectivity index (χ2v) is 7.05. The second-order valence-electron chi connectivity index (χ2n) is 7.05. The third-order valence-corrected chi connectivity index (χ3v) is 5.13. The predicted octanol–water partition coefficient (Wildman–Crippen LogP) is 4.58. The highest BCUT2D eigenvalue weighted by Gasteiger charge is 2.28. The van der Waals surface area contributed by atoms with E-state index in [1.165, 1.54) is 11.1 Å². The first-order valence-corrected chi connectivity index (χ1v) is 9.57. The van der Waals surface area contributed by atoms with Gasteiger partial charge in [0, 0.05) is 13.0 Å². The molecular formula is C24H25NO3. The normalized spacial score (nSPS) is 17.5. The van der Waals surface area contributed by atoms with Gasteiger partial charge in [-0.2, -0.15) is 0 Å². The van der Waals surface area contributed by atoms with E-state index in [-0.39, 0.29) is 17.5 Å². The largest absolute Gasteiger partial charge is 0.478 e. The molecule has 4 heteroatoms. The van der Waals surface area contributed by atoms with Crippen molar-refractivity contribution in [1.82, 2.24) is 4.90 Å². The Morgan fingerprint density at radius 2 is 1.82 bits per heavy atom. The van der Waals surface area contributed by atoms with E-state index in [9.17, 15) is 9.59 Å². The molecule has 2 aromatic rings. The first kappa shape index (κ1) is 19.6. The average molecular weight is 375 g/mol. The van der Waals surface area contributed by atoms with Gasteiger partial charge in [0.15, 0.2) is 0 Å². The van der Waals surface area contributed by atoms with Crippen LogP contribution in [0.25, 0.3) is 5.57 Å². The number of allylic oxidation sites excluding steroid dienone is 3. The monoisotopic (exact) mass is 375 g/mol. The maximum absolute atomic E-state index is 12.3. The zero-order chi connectivity index (χ0) is 19.9. The molecule has 1 N–H and O–H groups in total. The van der Waals surface area contributed by atoms with Crippen LogP contribution in [0.1, 0.15) is 41.3 Å². The number of carboxylic acids is 1. The maximum Gasteiger partial charge on any atom is 0.335 e. The molecule has 4 nitrogen and oxygen atoms in total. The van der Waals surface area contributed by atoms with Crippen molar-refractivity contribution in [2.75, 3.05) is 6.54 Å². The van der Waals surface area contributed by atoms with Crippen molar-refractivity contribution >= 4 is 17.4 Å². The highest BCUT2D eigenvalue weighted by Crippen LogP contribution is 2.21. The molecule has 0 aromatic heterocycles. The lowest BCUT2D eigenvalue weighted by Crippen LogP contribution is -2.33. The molecule has 0 radical (unpaired) electrons. The summed E-state index contributed by atoms with van der Waals surface area (Å²) in [5.41, 5.74) is 3.69. The minimum absolute atomic E-state index is 0.116. The number of hydrogen-bond donors (Lipinski definition) is 1. The van der Waals surface area contributed by atoms with E-state index >= 15 is 0 Å². The summed E-state index contributed by atoms with van der Waals surface area (Å²) in [5, 5.41) is 8.98. The van der Waals surface area contributed by atoms with Crippen LogP contribution in [0.5, 0.6) is 0 Å². The summed E-state index contributed by atoms with van der Waals surface area (Å²) in [6.45, 7) is 2.72. The predicted molar refractivity (Wildman–Crippen MR) is 111 cm³/mol. The number of likely N-dealkylation sites (tertiary alicyclic amines) is 1. The van der Waals surface area contributed by atoms with Crippen molar-refractivity contribution in [2.24, 2.45) is 0 Å². The molecule has 1 aliphatic heterocycles. The zero-order valence-corrected chi connectivity index (χ0v) is 16.0. The fourth-order valence-electron chi connectivity index (χ4n) is 3.44. The van der Waals surface area contributed by atoms with Crippen molar-refractivity contribution in [3.63, 3.8) is 0 Å². The Morgan fingerprint density at radius 3 is 2.50 bits per heavy atom. The molecule has 1 saturated heterocycles. The molecule has 3 rings (SSSR count). The molecule has 1 amide bonds. The molecule has 0 saturated carbocycles. The number of carboxylic acid groups (broad SMARTS) is 1. The number of amides is 1. The van der Waals surface area contributed by atoms with Gasteiger partial charge in [-0.3, -0.25) is 4.79 Å². The van der Waals surface area contributed by atoms with Gasteiger partial charge in [-0.1, -0.05) is 60.7 Å². The molecule has 1 aliphatic rings. The Hall–Kier alpha value is -3.14. The van der Waals surface area contributed by atoms with Crippen molar-refractivity contribution in [2.45, 2.75) is 32.2 Å². The van der Waals surface area contributed by atoms with Gasteiger partial charge >= 0.3 is 5.97 Å². The van der Waals surface area contributed by atoms with Crippen molar-refractivity contribution in [1.29, 1.82) is 0 Å². The minimum Gasteiger partial charge on any atom is -0.478 e. The van der Waals surface area contributed by atoms with Gasteiger partial charge in [0.05, 0.1) is 11.6 Å². The molecule has 0 aliphatic carbocycles. The number of benzene rings is 2. The van der Waals surface area contributed by atoms with Gasteiger partial charge in [0.25, 0.3) is 0 Å². The van der Waals surface area contributed by atoms with E-state index in [1.807, 2.05) is 41.3 Å². The summed E-state index contributed by atoms with van der Waals surface area (Å²) in [6, 6.07) is 17.2. The fourth-order valence-corrected chi connectivity index (χ4v) is 3.44. The van der Waals surface area contributed by atoms with E-state index in [0.717, 1.165) is 18.4 Å². The third kappa shape index (κ3) is 4.97. The van der Waals surface area contributed by atoms with Crippen molar-refractivity contribution in [3.8, 4) is 0 Å². The highest BCUT2D eigenvalue weighted by atomic mass is 16.4. The Kier molecular flexibility index (Phi) is 6.43. The quantitative estimate of drug-likeness (QED) is 0.721. The second kappa shape index (κ2) is 9.18. The van der Waals surface area contributed by atoms with E-state index in [2.05, 4.69) is 31.2 Å². The summed E-state index contributed by atoms with van der Waals surface area (Å²) in [5.74, 6) is -0.745. The van der Waals surface area contributed by atoms with Gasteiger partial charge < -0.3 is 10.0 Å². The van der Waals surface area contributed by atoms with Crippen LogP contribution in [0.4, 0.5) is 0 Å². The maximum atomic E-state index is 12.3. The topological polar surface area (TPSA) is 57.6 Å². The summed E-state index contributed by atoms with van der Waals surface area (Å²) in [6.07, 6.45) is 8.36. The number of hydrogen-bond acceptors (Lipinski definition) is 2. The molecule has 144 valence electrons. The van der Waals surface area contributed by atoms with Crippen LogP contribution in [0.3, 0.4) is 0 Å². The fraction of sp³-hybridized carbons (Fsp3) is 0.250. The van der Waals surface area contributed by atoms with Gasteiger partial charge in [0.1, 0.15) is 0 Å². The van der Waals surface area contributed by atoms with E-state index in [0.29, 0.717) is 13.0 Å². The average Bonchev–Trinajstić information content (AvgIpc) is 3.06. The molecule has 0 spiro atoms. The summed E-state index contributed by atoms with van der Waals surface area (Å²) in [4.78, 5) is 25.1. The lowest BCUT2D eigenvalue weighted by molar-refractivity contribution is -0.128. The summed E-state index contributed by atoms with van der Waals surface area (Å²) in [7, 11) is 0. The standard InChI is InChI=1S/C24H25NO3/c1-18(20-7-3-2-4-8-20)6-5-9-22-14-15-23(26)25(22)17-16-19-10-12-21(13-11-19)24(27)28/h2-13,22H,14-17H2,1H3,(H,27,28)/b9-5-,18-6-/t22-/m0/s1. The summed E-state index contributed by atoms with van der Waals surface area (Å²) >= 11 is 0. The Balaban J connectivity index is 1.60. The number of carbonyl (C=O) groups is 2. The third-order valence-electron chi connectivity index (χ3n) is 5.13. The Bertz CT molecular complexity index is 882. The number of aromatic carboxylic acids is 1. The molecule has 1 atom stereocenters. The first-order chi connectivity index (χ1) is 13.5. The van der Waals surface area contributed by atoms with Crippen LogP contribution in [0.15, 0.2) is 72.8 Å². The molecule has 1 heterocycles. The zero-order valence-electron chi connectivity index (χ0n) is 16.0. The van der Waals surface area contributed by atoms with E-state index in [1.54, 1.807) is 12.1 Å². The SMILES string of the molecule is C/C(=C/C=C\[C@H]1CCC(=O)N1CCc1ccc(C(=O)O)cc1)c1ccccc1. The van der Waals surface area contributed by atoms with Gasteiger partial charge in [0.2, 0.25) is 5.91 Å². The smallest absolute Gasteiger partial charge is 0.335 e. The molecular weight excluding hydrogens is 350 g/mol. The van der Waals surface area contributed by atoms with Crippen LogP contribution < -0.4 is 0 Å². The Labute approximate surface area is 165 Å². The summed E-state index contributed by atoms with van der Waals surface area (Å²) < 4.78 is 0.